The maximum atomic E-state index is 12.8. The lowest BCUT2D eigenvalue weighted by Crippen LogP contribution is -2.28. The largest absolute Gasteiger partial charge is 0.472 e. The summed E-state index contributed by atoms with van der Waals surface area (Å²) in [7, 11) is -5.88. The Hall–Kier alpha value is -2.23. The van der Waals surface area contributed by atoms with Crippen LogP contribution in [0.1, 0.15) is 0 Å². The molecule has 3 rings (SSSR count). The van der Waals surface area contributed by atoms with Crippen LogP contribution in [0.2, 0.25) is 11.6 Å². The molecule has 0 aliphatic heterocycles. The van der Waals surface area contributed by atoms with Gasteiger partial charge in [0.1, 0.15) is 15.7 Å². The van der Waals surface area contributed by atoms with Crippen molar-refractivity contribution < 1.29 is 47.2 Å². The predicted molar refractivity (Wildman–Crippen MR) is 147 cm³/mol. The highest BCUT2D eigenvalue weighted by Crippen LogP contribution is 2.44. The zero-order chi connectivity index (χ0) is 29.8. The molecule has 4 unspecified atom stereocenters. The van der Waals surface area contributed by atoms with Crippen molar-refractivity contribution in [1.29, 1.82) is 0 Å². The summed E-state index contributed by atoms with van der Waals surface area (Å²) in [5, 5.41) is 17.3. The van der Waals surface area contributed by atoms with Gasteiger partial charge in [0.15, 0.2) is 0 Å². The number of nitrogens with zero attached hydrogens (tertiary/aromatic N) is 2. The van der Waals surface area contributed by atoms with Gasteiger partial charge in [-0.15, -0.1) is 0 Å². The number of fused-ring (bicyclic) bond motifs is 2. The minimum Gasteiger partial charge on any atom is -0.397 e. The van der Waals surface area contributed by atoms with Crippen molar-refractivity contribution in [3.8, 4) is 0 Å². The molecule has 0 radical (unpaired) electrons. The Morgan fingerprint density at radius 1 is 0.650 bits per heavy atom. The van der Waals surface area contributed by atoms with Crippen LogP contribution in [0.3, 0.4) is 0 Å². The van der Waals surface area contributed by atoms with Gasteiger partial charge in [-0.05, 0) is 23.8 Å². The van der Waals surface area contributed by atoms with Gasteiger partial charge in [-0.1, -0.05) is 0 Å². The Morgan fingerprint density at radius 2 is 0.950 bits per heavy atom. The van der Waals surface area contributed by atoms with Crippen LogP contribution in [0.4, 0.5) is 0 Å². The van der Waals surface area contributed by atoms with E-state index in [4.69, 9.17) is 28.3 Å². The Labute approximate surface area is 227 Å². The van der Waals surface area contributed by atoms with Crippen LogP contribution in [0.5, 0.6) is 0 Å². The van der Waals surface area contributed by atoms with Crippen molar-refractivity contribution in [2.45, 2.75) is 24.7 Å². The highest BCUT2D eigenvalue weighted by atomic mass is 31.2. The van der Waals surface area contributed by atoms with Crippen molar-refractivity contribution in [3.63, 3.8) is 0 Å². The Kier molecular flexibility index (Phi) is 10.6. The van der Waals surface area contributed by atoms with Crippen molar-refractivity contribution in [2.75, 3.05) is 39.6 Å². The molecule has 20 heteroatoms. The van der Waals surface area contributed by atoms with Crippen LogP contribution in [-0.2, 0) is 40.3 Å². The maximum absolute atomic E-state index is 12.8. The fourth-order valence-corrected chi connectivity index (χ4v) is 5.26. The summed E-state index contributed by atoms with van der Waals surface area (Å²) in [5.74, 6) is -0.847. The zero-order valence-electron chi connectivity index (χ0n) is 21.6. The summed E-state index contributed by atoms with van der Waals surface area (Å²) < 4.78 is 44.4. The molecular weight excluding hydrogens is 576 g/mol. The van der Waals surface area contributed by atoms with Crippen LogP contribution < -0.4 is 22.2 Å². The second kappa shape index (κ2) is 13.2. The number of aliphatic hydroxyl groups excluding tert-OH is 2. The van der Waals surface area contributed by atoms with Crippen LogP contribution in [0.15, 0.2) is 31.3 Å². The normalized spacial score (nSPS) is 16.7. The molecule has 4 atom stereocenters. The molecule has 1 aromatic carbocycles. The second-order valence-corrected chi connectivity index (χ2v) is 12.1. The van der Waals surface area contributed by atoms with Gasteiger partial charge in [-0.2, -0.15) is 0 Å². The van der Waals surface area contributed by atoms with Crippen molar-refractivity contribution in [3.05, 3.63) is 53.5 Å². The van der Waals surface area contributed by atoms with Gasteiger partial charge in [-0.3, -0.25) is 46.4 Å². The maximum Gasteiger partial charge on any atom is 0.472 e. The van der Waals surface area contributed by atoms with E-state index < -0.39 is 75.8 Å². The van der Waals surface area contributed by atoms with E-state index in [2.05, 4.69) is 0 Å². The summed E-state index contributed by atoms with van der Waals surface area (Å²) >= 11 is 0. The number of rotatable bonds is 16. The lowest BCUT2D eigenvalue weighted by Gasteiger charge is -2.14. The van der Waals surface area contributed by atoms with E-state index >= 15 is 0 Å². The molecule has 2 aromatic heterocycles. The standard InChI is InChI=1S/C20H28B2N2O14P2/c21-11(7-25)9-37-39(31,32)35-3-1-23-17(27)13-5-15-16(6-14(13)18(23)28)20(30)24(19(15)29)2-4-36-40(33,34)38-10-12(22)8-26/h5-6,11-12,25-26H,1-4,7-10,21-22H2,(H,31,32)(H,33,34). The summed E-state index contributed by atoms with van der Waals surface area (Å²) in [6.07, 6.45) is 0. The number of phosphoric acid groups is 2. The van der Waals surface area contributed by atoms with Gasteiger partial charge in [0, 0.05) is 13.2 Å². The molecule has 2 heterocycles. The first-order chi connectivity index (χ1) is 18.7. The predicted octanol–water partition coefficient (Wildman–Crippen LogP) is -2.99. The topological polar surface area (TPSA) is 230 Å². The van der Waals surface area contributed by atoms with Crippen LogP contribution in [0.25, 0.3) is 21.5 Å². The van der Waals surface area contributed by atoms with Crippen molar-refractivity contribution >= 4 is 52.9 Å². The van der Waals surface area contributed by atoms with E-state index in [-0.39, 0.29) is 48.0 Å². The van der Waals surface area contributed by atoms with Gasteiger partial charge in [0.25, 0.3) is 22.2 Å². The van der Waals surface area contributed by atoms with E-state index in [9.17, 15) is 38.1 Å². The summed E-state index contributed by atoms with van der Waals surface area (Å²) in [5.41, 5.74) is -3.25. The lowest BCUT2D eigenvalue weighted by atomic mass is 9.90. The number of aliphatic hydroxyl groups is 2. The van der Waals surface area contributed by atoms with Gasteiger partial charge in [-0.25, -0.2) is 9.13 Å². The third-order valence-corrected chi connectivity index (χ3v) is 7.83. The smallest absolute Gasteiger partial charge is 0.397 e. The number of hydrogen-bond donors (Lipinski definition) is 4. The molecule has 0 aliphatic carbocycles. The first kappa shape index (κ1) is 32.3. The summed E-state index contributed by atoms with van der Waals surface area (Å²) in [6.45, 7) is -3.01. The monoisotopic (exact) mass is 604 g/mol. The highest BCUT2D eigenvalue weighted by molar-refractivity contribution is 7.47. The molecule has 0 fully saturated rings. The van der Waals surface area contributed by atoms with Gasteiger partial charge in [0.05, 0.1) is 61.1 Å². The van der Waals surface area contributed by atoms with E-state index in [1.807, 2.05) is 0 Å². The quantitative estimate of drug-likeness (QED) is 0.0945. The minimum atomic E-state index is -4.51. The van der Waals surface area contributed by atoms with E-state index in [0.29, 0.717) is 0 Å². The first-order valence-electron chi connectivity index (χ1n) is 12.1. The van der Waals surface area contributed by atoms with Crippen LogP contribution in [0, 0.1) is 0 Å². The fraction of sp³-hybridized carbons (Fsp3) is 0.500. The molecule has 3 aromatic rings. The highest BCUT2D eigenvalue weighted by Gasteiger charge is 2.25. The molecule has 4 N–H and O–H groups in total. The number of hydrogen-bond acceptors (Lipinski definition) is 12. The fourth-order valence-electron chi connectivity index (χ4n) is 3.60. The average Bonchev–Trinajstić information content (AvgIpc) is 3.28. The average molecular weight is 604 g/mol. The molecular formula is C20H28B2N2O14P2. The van der Waals surface area contributed by atoms with Crippen LogP contribution in [-0.4, -0.2) is 84.5 Å². The minimum absolute atomic E-state index is 0.158. The SMILES string of the molecule is BC(CO)COP(=O)(O)OCCn1c(=O)c2cc3c(=O)n(CCOP(=O)(O)OCC(B)CO)c(=O)c3cc2c1=O. The first-order valence-corrected chi connectivity index (χ1v) is 15.1. The molecule has 0 bridgehead atoms. The van der Waals surface area contributed by atoms with E-state index in [1.54, 1.807) is 15.7 Å². The second-order valence-electron chi connectivity index (χ2n) is 9.24. The summed E-state index contributed by atoms with van der Waals surface area (Å²) in [6, 6.07) is 2.19. The Morgan fingerprint density at radius 3 is 1.23 bits per heavy atom. The van der Waals surface area contributed by atoms with Gasteiger partial charge >= 0.3 is 15.6 Å². The summed E-state index contributed by atoms with van der Waals surface area (Å²) in [4.78, 5) is 70.8. The van der Waals surface area contributed by atoms with E-state index in [0.717, 1.165) is 21.3 Å². The van der Waals surface area contributed by atoms with Crippen molar-refractivity contribution in [2.24, 2.45) is 0 Å². The molecule has 0 amide bonds. The lowest BCUT2D eigenvalue weighted by molar-refractivity contribution is 0.134. The molecule has 218 valence electrons. The molecule has 0 spiro atoms. The molecule has 16 nitrogen and oxygen atoms in total. The molecule has 0 saturated carbocycles. The van der Waals surface area contributed by atoms with Crippen molar-refractivity contribution in [1.82, 2.24) is 9.13 Å². The van der Waals surface area contributed by atoms with Crippen LogP contribution >= 0.6 is 15.6 Å². The third kappa shape index (κ3) is 7.53. The molecule has 0 saturated heterocycles. The zero-order valence-corrected chi connectivity index (χ0v) is 23.4. The Bertz CT molecular complexity index is 1470. The van der Waals surface area contributed by atoms with E-state index in [1.165, 1.54) is 0 Å². The van der Waals surface area contributed by atoms with Gasteiger partial charge in [0.2, 0.25) is 0 Å². The number of aromatic nitrogens is 2. The molecule has 40 heavy (non-hydrogen) atoms. The number of benzene rings is 1. The number of phosphoric ester groups is 2. The Balaban J connectivity index is 1.77. The third-order valence-electron chi connectivity index (χ3n) is 5.87. The molecule has 0 aliphatic rings. The van der Waals surface area contributed by atoms with Gasteiger partial charge < -0.3 is 20.0 Å².